The molecule has 0 fully saturated rings. The maximum absolute atomic E-state index is 11.9. The van der Waals surface area contributed by atoms with Crippen LogP contribution >= 0.6 is 0 Å². The number of aryl methyl sites for hydroxylation is 1. The van der Waals surface area contributed by atoms with E-state index in [1.165, 1.54) is 0 Å². The number of rotatable bonds is 10. The van der Waals surface area contributed by atoms with E-state index >= 15 is 0 Å². The quantitative estimate of drug-likeness (QED) is 0.352. The Balaban J connectivity index is 2.98. The summed E-state index contributed by atoms with van der Waals surface area (Å²) in [6.45, 7) is 5.99. The van der Waals surface area contributed by atoms with Crippen LogP contribution in [0.1, 0.15) is 71.3 Å². The Morgan fingerprint density at radius 1 is 0.870 bits per heavy atom. The highest BCUT2D eigenvalue weighted by Gasteiger charge is 2.17. The summed E-state index contributed by atoms with van der Waals surface area (Å²) in [6.07, 6.45) is 6.21. The number of benzene rings is 1. The molecule has 0 aromatic heterocycles. The molecule has 0 bridgehead atoms. The van der Waals surface area contributed by atoms with E-state index in [2.05, 4.69) is 6.92 Å². The Morgan fingerprint density at radius 2 is 1.52 bits per heavy atom. The molecule has 0 aliphatic carbocycles. The van der Waals surface area contributed by atoms with Crippen molar-refractivity contribution >= 4 is 11.9 Å². The molecule has 0 radical (unpaired) electrons. The molecule has 1 aromatic carbocycles. The zero-order chi connectivity index (χ0) is 17.1. The normalized spacial score (nSPS) is 10.4. The van der Waals surface area contributed by atoms with Gasteiger partial charge < -0.3 is 9.47 Å². The van der Waals surface area contributed by atoms with Gasteiger partial charge in [0.2, 0.25) is 0 Å². The standard InChI is InChI=1S/C19H28O4/c1-4-7-8-12-15-13-9-14-16(22-17(20)10-5-2)19(15)23-18(21)11-6-3/h9,13-14H,4-8,10-12H2,1-3H3. The minimum absolute atomic E-state index is 0.289. The van der Waals surface area contributed by atoms with Crippen molar-refractivity contribution in [2.24, 2.45) is 0 Å². The number of carbonyl (C=O) groups is 2. The maximum Gasteiger partial charge on any atom is 0.311 e. The van der Waals surface area contributed by atoms with Crippen LogP contribution < -0.4 is 9.47 Å². The molecule has 0 saturated carbocycles. The van der Waals surface area contributed by atoms with Gasteiger partial charge in [0.15, 0.2) is 11.5 Å². The molecule has 1 aromatic rings. The van der Waals surface area contributed by atoms with E-state index in [4.69, 9.17) is 9.47 Å². The summed E-state index contributed by atoms with van der Waals surface area (Å²) < 4.78 is 10.9. The van der Waals surface area contributed by atoms with E-state index < -0.39 is 0 Å². The van der Waals surface area contributed by atoms with Crippen LogP contribution in [0.15, 0.2) is 18.2 Å². The number of carbonyl (C=O) groups excluding carboxylic acids is 2. The van der Waals surface area contributed by atoms with Crippen LogP contribution in [-0.4, -0.2) is 11.9 Å². The first-order chi connectivity index (χ1) is 11.1. The van der Waals surface area contributed by atoms with Crippen molar-refractivity contribution in [1.82, 2.24) is 0 Å². The van der Waals surface area contributed by atoms with Gasteiger partial charge in [-0.25, -0.2) is 0 Å². The lowest BCUT2D eigenvalue weighted by atomic mass is 10.1. The van der Waals surface area contributed by atoms with Crippen LogP contribution in [-0.2, 0) is 16.0 Å². The summed E-state index contributed by atoms with van der Waals surface area (Å²) >= 11 is 0. The van der Waals surface area contributed by atoms with Gasteiger partial charge in [0.25, 0.3) is 0 Å². The fraction of sp³-hybridized carbons (Fsp3) is 0.579. The van der Waals surface area contributed by atoms with Crippen molar-refractivity contribution in [3.8, 4) is 11.5 Å². The van der Waals surface area contributed by atoms with Crippen LogP contribution in [0.25, 0.3) is 0 Å². The topological polar surface area (TPSA) is 52.6 Å². The van der Waals surface area contributed by atoms with Crippen LogP contribution in [0.5, 0.6) is 11.5 Å². The Hall–Kier alpha value is -1.84. The highest BCUT2D eigenvalue weighted by atomic mass is 16.6. The van der Waals surface area contributed by atoms with Crippen LogP contribution in [0.4, 0.5) is 0 Å². The third-order valence-electron chi connectivity index (χ3n) is 3.46. The minimum atomic E-state index is -0.300. The first-order valence-electron chi connectivity index (χ1n) is 8.65. The molecule has 0 atom stereocenters. The van der Waals surface area contributed by atoms with Crippen molar-refractivity contribution in [1.29, 1.82) is 0 Å². The van der Waals surface area contributed by atoms with Gasteiger partial charge in [-0.3, -0.25) is 9.59 Å². The average molecular weight is 320 g/mol. The molecular weight excluding hydrogens is 292 g/mol. The highest BCUT2D eigenvalue weighted by molar-refractivity contribution is 5.76. The SMILES string of the molecule is CCCCCc1cccc(OC(=O)CCC)c1OC(=O)CCC. The predicted octanol–water partition coefficient (Wildman–Crippen LogP) is 4.83. The number of unbranched alkanes of at least 4 members (excludes halogenated alkanes) is 2. The Bertz CT molecular complexity index is 508. The molecule has 0 aliphatic heterocycles. The summed E-state index contributed by atoms with van der Waals surface area (Å²) in [5.41, 5.74) is 0.921. The third-order valence-corrected chi connectivity index (χ3v) is 3.46. The molecular formula is C19H28O4. The highest BCUT2D eigenvalue weighted by Crippen LogP contribution is 2.33. The van der Waals surface area contributed by atoms with Gasteiger partial charge >= 0.3 is 11.9 Å². The fourth-order valence-electron chi connectivity index (χ4n) is 2.27. The molecule has 0 N–H and O–H groups in total. The predicted molar refractivity (Wildman–Crippen MR) is 90.8 cm³/mol. The summed E-state index contributed by atoms with van der Waals surface area (Å²) in [5, 5.41) is 0. The number of para-hydroxylation sites is 1. The zero-order valence-electron chi connectivity index (χ0n) is 14.5. The number of esters is 2. The fourth-order valence-corrected chi connectivity index (χ4v) is 2.27. The van der Waals surface area contributed by atoms with E-state index in [0.717, 1.165) is 44.1 Å². The smallest absolute Gasteiger partial charge is 0.311 e. The molecule has 0 amide bonds. The van der Waals surface area contributed by atoms with Gasteiger partial charge in [-0.05, 0) is 37.3 Å². The van der Waals surface area contributed by atoms with E-state index in [1.54, 1.807) is 6.07 Å². The van der Waals surface area contributed by atoms with E-state index in [-0.39, 0.29) is 11.9 Å². The van der Waals surface area contributed by atoms with E-state index in [9.17, 15) is 9.59 Å². The number of hydrogen-bond donors (Lipinski definition) is 0. The van der Waals surface area contributed by atoms with Gasteiger partial charge in [0, 0.05) is 12.8 Å². The monoisotopic (exact) mass is 320 g/mol. The van der Waals surface area contributed by atoms with Gasteiger partial charge in [-0.1, -0.05) is 45.7 Å². The second-order valence-corrected chi connectivity index (χ2v) is 5.65. The molecule has 4 nitrogen and oxygen atoms in total. The lowest BCUT2D eigenvalue weighted by Gasteiger charge is -2.14. The molecule has 1 rings (SSSR count). The van der Waals surface area contributed by atoms with Crippen molar-refractivity contribution in [2.75, 3.05) is 0 Å². The summed E-state index contributed by atoms with van der Waals surface area (Å²) in [4.78, 5) is 23.7. The average Bonchev–Trinajstić information content (AvgIpc) is 2.51. The lowest BCUT2D eigenvalue weighted by molar-refractivity contribution is -0.137. The van der Waals surface area contributed by atoms with E-state index in [0.29, 0.717) is 24.3 Å². The third kappa shape index (κ3) is 6.85. The summed E-state index contributed by atoms with van der Waals surface area (Å²) in [6, 6.07) is 5.46. The lowest BCUT2D eigenvalue weighted by Crippen LogP contribution is -2.13. The number of ether oxygens (including phenoxy) is 2. The van der Waals surface area contributed by atoms with E-state index in [1.807, 2.05) is 26.0 Å². The Kier molecular flexibility index (Phi) is 9.03. The molecule has 0 heterocycles. The largest absolute Gasteiger partial charge is 0.423 e. The molecule has 0 aliphatic rings. The van der Waals surface area contributed by atoms with Crippen LogP contribution in [0.2, 0.25) is 0 Å². The van der Waals surface area contributed by atoms with Crippen molar-refractivity contribution < 1.29 is 19.1 Å². The second kappa shape index (κ2) is 10.8. The zero-order valence-corrected chi connectivity index (χ0v) is 14.5. The summed E-state index contributed by atoms with van der Waals surface area (Å²) in [5.74, 6) is 0.169. The number of hydrogen-bond acceptors (Lipinski definition) is 4. The van der Waals surface area contributed by atoms with Gasteiger partial charge in [0.05, 0.1) is 0 Å². The molecule has 0 saturated heterocycles. The van der Waals surface area contributed by atoms with Crippen LogP contribution in [0.3, 0.4) is 0 Å². The van der Waals surface area contributed by atoms with Gasteiger partial charge in [0.1, 0.15) is 0 Å². The van der Waals surface area contributed by atoms with Crippen molar-refractivity contribution in [3.05, 3.63) is 23.8 Å². The molecule has 128 valence electrons. The Labute approximate surface area is 139 Å². The van der Waals surface area contributed by atoms with Crippen molar-refractivity contribution in [2.45, 2.75) is 72.1 Å². The van der Waals surface area contributed by atoms with Gasteiger partial charge in [-0.15, -0.1) is 0 Å². The molecule has 0 unspecified atom stereocenters. The van der Waals surface area contributed by atoms with Crippen molar-refractivity contribution in [3.63, 3.8) is 0 Å². The molecule has 23 heavy (non-hydrogen) atoms. The second-order valence-electron chi connectivity index (χ2n) is 5.65. The van der Waals surface area contributed by atoms with Gasteiger partial charge in [-0.2, -0.15) is 0 Å². The summed E-state index contributed by atoms with van der Waals surface area (Å²) in [7, 11) is 0. The maximum atomic E-state index is 11.9. The minimum Gasteiger partial charge on any atom is -0.423 e. The Morgan fingerprint density at radius 3 is 2.13 bits per heavy atom. The molecule has 4 heteroatoms. The first-order valence-corrected chi connectivity index (χ1v) is 8.65. The first kappa shape index (κ1) is 19.2. The van der Waals surface area contributed by atoms with Crippen LogP contribution in [0, 0.1) is 0 Å². The molecule has 0 spiro atoms.